The Balaban J connectivity index is 1.49. The number of carbonyl (C=O) groups is 1. The minimum absolute atomic E-state index is 0.0610. The molecule has 3 nitrogen and oxygen atoms in total. The van der Waals surface area contributed by atoms with Crippen molar-refractivity contribution >= 4 is 5.91 Å². The van der Waals surface area contributed by atoms with Gasteiger partial charge in [-0.05, 0) is 71.3 Å². The first-order chi connectivity index (χ1) is 13.7. The molecule has 3 aromatic carbocycles. The molecule has 1 heterocycles. The van der Waals surface area contributed by atoms with Gasteiger partial charge in [0.15, 0.2) is 0 Å². The number of carbonyl (C=O) groups excluding carboxylic acids is 1. The lowest BCUT2D eigenvalue weighted by Crippen LogP contribution is -2.37. The predicted molar refractivity (Wildman–Crippen MR) is 109 cm³/mol. The van der Waals surface area contributed by atoms with Crippen LogP contribution < -0.4 is 0 Å². The van der Waals surface area contributed by atoms with Crippen molar-refractivity contribution in [1.82, 2.24) is 4.90 Å². The third-order valence-electron chi connectivity index (χ3n) is 6.12. The van der Waals surface area contributed by atoms with Gasteiger partial charge in [-0.3, -0.25) is 4.79 Å². The monoisotopic (exact) mass is 364 g/mol. The van der Waals surface area contributed by atoms with E-state index in [1.165, 1.54) is 22.3 Å². The van der Waals surface area contributed by atoms with Gasteiger partial charge in [0.2, 0.25) is 0 Å². The molecule has 1 amide bonds. The Hall–Kier alpha value is -3.38. The summed E-state index contributed by atoms with van der Waals surface area (Å²) in [6.07, 6.45) is 2.02. The van der Waals surface area contributed by atoms with Crippen molar-refractivity contribution in [2.45, 2.75) is 24.8 Å². The molecule has 1 saturated heterocycles. The molecule has 0 spiro atoms. The Labute approximate surface area is 164 Å². The third-order valence-corrected chi connectivity index (χ3v) is 6.12. The summed E-state index contributed by atoms with van der Waals surface area (Å²) in [7, 11) is 0. The van der Waals surface area contributed by atoms with Gasteiger partial charge in [-0.1, -0.05) is 42.5 Å². The smallest absolute Gasteiger partial charge is 0.254 e. The molecule has 3 aromatic rings. The number of benzene rings is 3. The van der Waals surface area contributed by atoms with Crippen molar-refractivity contribution in [3.63, 3.8) is 0 Å². The number of piperidine rings is 1. The molecule has 1 fully saturated rings. The predicted octanol–water partition coefficient (Wildman–Crippen LogP) is 5.30. The van der Waals surface area contributed by atoms with E-state index in [9.17, 15) is 4.79 Å². The average molecular weight is 364 g/mol. The number of likely N-dealkylation sites (tertiary alicyclic amines) is 1. The zero-order valence-corrected chi connectivity index (χ0v) is 15.5. The van der Waals surface area contributed by atoms with Gasteiger partial charge in [-0.25, -0.2) is 0 Å². The molecule has 1 aliphatic heterocycles. The molecular weight excluding hydrogens is 344 g/mol. The van der Waals surface area contributed by atoms with E-state index < -0.39 is 0 Å². The quantitative estimate of drug-likeness (QED) is 0.619. The van der Waals surface area contributed by atoms with Gasteiger partial charge >= 0.3 is 0 Å². The molecule has 2 bridgehead atoms. The normalized spacial score (nSPS) is 19.8. The maximum atomic E-state index is 13.2. The van der Waals surface area contributed by atoms with E-state index in [-0.39, 0.29) is 11.9 Å². The van der Waals surface area contributed by atoms with E-state index in [0.29, 0.717) is 17.0 Å². The van der Waals surface area contributed by atoms with Crippen LogP contribution in [0.15, 0.2) is 72.8 Å². The van der Waals surface area contributed by atoms with E-state index in [1.54, 1.807) is 24.3 Å². The summed E-state index contributed by atoms with van der Waals surface area (Å²) >= 11 is 0. The zero-order valence-electron chi connectivity index (χ0n) is 15.5. The number of rotatable bonds is 2. The van der Waals surface area contributed by atoms with Crippen LogP contribution in [-0.4, -0.2) is 17.4 Å². The van der Waals surface area contributed by atoms with E-state index in [4.69, 9.17) is 5.26 Å². The maximum absolute atomic E-state index is 13.2. The molecule has 0 N–H and O–H groups in total. The first-order valence-electron chi connectivity index (χ1n) is 9.75. The van der Waals surface area contributed by atoms with Crippen LogP contribution >= 0.6 is 0 Å². The van der Waals surface area contributed by atoms with Gasteiger partial charge < -0.3 is 4.90 Å². The van der Waals surface area contributed by atoms with E-state index in [1.807, 2.05) is 11.0 Å². The van der Waals surface area contributed by atoms with Crippen molar-refractivity contribution in [1.29, 1.82) is 5.26 Å². The Morgan fingerprint density at radius 1 is 0.929 bits per heavy atom. The molecule has 0 unspecified atom stereocenters. The Morgan fingerprint density at radius 3 is 2.46 bits per heavy atom. The Bertz CT molecular complexity index is 1080. The van der Waals surface area contributed by atoms with Gasteiger partial charge in [0.25, 0.3) is 5.91 Å². The zero-order chi connectivity index (χ0) is 19.1. The van der Waals surface area contributed by atoms with E-state index >= 15 is 0 Å². The fraction of sp³-hybridized carbons (Fsp3) is 0.200. The lowest BCUT2D eigenvalue weighted by atomic mass is 9.94. The van der Waals surface area contributed by atoms with Gasteiger partial charge in [-0.2, -0.15) is 5.26 Å². The lowest BCUT2D eigenvalue weighted by Gasteiger charge is -2.34. The summed E-state index contributed by atoms with van der Waals surface area (Å²) in [5.74, 6) is 0.612. The molecule has 2 atom stereocenters. The van der Waals surface area contributed by atoms with Crippen LogP contribution in [0.3, 0.4) is 0 Å². The number of fused-ring (bicyclic) bond motifs is 5. The first-order valence-corrected chi connectivity index (χ1v) is 9.75. The van der Waals surface area contributed by atoms with Crippen LogP contribution in [-0.2, 0) is 0 Å². The van der Waals surface area contributed by atoms with Crippen molar-refractivity contribution in [2.24, 2.45) is 0 Å². The third kappa shape index (κ3) is 2.70. The van der Waals surface area contributed by atoms with Gasteiger partial charge in [0, 0.05) is 12.1 Å². The molecule has 5 rings (SSSR count). The second-order valence-electron chi connectivity index (χ2n) is 7.63. The number of hydrogen-bond donors (Lipinski definition) is 0. The fourth-order valence-corrected chi connectivity index (χ4v) is 4.68. The highest BCUT2D eigenvalue weighted by molar-refractivity contribution is 5.95. The summed E-state index contributed by atoms with van der Waals surface area (Å²) in [6, 6.07) is 26.4. The minimum Gasteiger partial charge on any atom is -0.332 e. The summed E-state index contributed by atoms with van der Waals surface area (Å²) in [5, 5.41) is 8.99. The molecule has 0 saturated carbocycles. The van der Waals surface area contributed by atoms with Crippen molar-refractivity contribution in [3.8, 4) is 17.2 Å². The fourth-order valence-electron chi connectivity index (χ4n) is 4.68. The molecule has 0 aromatic heterocycles. The lowest BCUT2D eigenvalue weighted by molar-refractivity contribution is 0.0620. The topological polar surface area (TPSA) is 44.1 Å². The highest BCUT2D eigenvalue weighted by Gasteiger charge is 2.41. The van der Waals surface area contributed by atoms with Crippen molar-refractivity contribution < 1.29 is 4.79 Å². The largest absolute Gasteiger partial charge is 0.332 e. The van der Waals surface area contributed by atoms with Crippen molar-refractivity contribution in [2.75, 3.05) is 6.54 Å². The van der Waals surface area contributed by atoms with Crippen LogP contribution in [0.4, 0.5) is 0 Å². The Kier molecular flexibility index (Phi) is 3.98. The van der Waals surface area contributed by atoms with E-state index in [0.717, 1.165) is 19.4 Å². The highest BCUT2D eigenvalue weighted by atomic mass is 16.2. The SMILES string of the molecule is N#Cc1ccc(C(=O)N2CC[C@H]3C[C@@H]2c2cc(-c4ccccc4)ccc23)cc1. The van der Waals surface area contributed by atoms with Gasteiger partial charge in [0.1, 0.15) is 0 Å². The molecule has 3 heteroatoms. The maximum Gasteiger partial charge on any atom is 0.254 e. The second-order valence-corrected chi connectivity index (χ2v) is 7.63. The van der Waals surface area contributed by atoms with E-state index in [2.05, 4.69) is 48.5 Å². The summed E-state index contributed by atoms with van der Waals surface area (Å²) < 4.78 is 0. The molecular formula is C25H20N2O. The van der Waals surface area contributed by atoms with Crippen LogP contribution in [0.5, 0.6) is 0 Å². The second kappa shape index (κ2) is 6.65. The summed E-state index contributed by atoms with van der Waals surface area (Å²) in [4.78, 5) is 15.2. The average Bonchev–Trinajstić information content (AvgIpc) is 3.05. The van der Waals surface area contributed by atoms with Crippen LogP contribution in [0.2, 0.25) is 0 Å². The number of nitriles is 1. The molecule has 136 valence electrons. The van der Waals surface area contributed by atoms with Crippen LogP contribution in [0.25, 0.3) is 11.1 Å². The molecule has 28 heavy (non-hydrogen) atoms. The minimum atomic E-state index is 0.0610. The van der Waals surface area contributed by atoms with Gasteiger partial charge in [0.05, 0.1) is 17.7 Å². The van der Waals surface area contributed by atoms with Crippen molar-refractivity contribution in [3.05, 3.63) is 95.1 Å². The molecule has 1 aliphatic carbocycles. The molecule has 0 radical (unpaired) electrons. The summed E-state index contributed by atoms with van der Waals surface area (Å²) in [6.45, 7) is 0.781. The van der Waals surface area contributed by atoms with Crippen LogP contribution in [0, 0.1) is 11.3 Å². The first kappa shape index (κ1) is 16.8. The van der Waals surface area contributed by atoms with Crippen LogP contribution in [0.1, 0.15) is 51.8 Å². The highest BCUT2D eigenvalue weighted by Crippen LogP contribution is 2.50. The standard InChI is InChI=1S/C25H20N2O/c26-16-17-6-8-19(9-7-17)25(28)27-13-12-21-15-24(27)23-14-20(10-11-22(21)23)18-4-2-1-3-5-18/h1-11,14,21,24H,12-13,15H2/t21-,24+/m0/s1. The Morgan fingerprint density at radius 2 is 1.71 bits per heavy atom. The number of hydrogen-bond acceptors (Lipinski definition) is 2. The molecule has 2 aliphatic rings. The summed E-state index contributed by atoms with van der Waals surface area (Å²) in [5.41, 5.74) is 6.35. The number of amides is 1. The number of nitrogens with zero attached hydrogens (tertiary/aromatic N) is 2. The van der Waals surface area contributed by atoms with Gasteiger partial charge in [-0.15, -0.1) is 0 Å².